The molecule has 1 saturated heterocycles. The lowest BCUT2D eigenvalue weighted by Crippen LogP contribution is -2.54. The molecule has 0 aromatic heterocycles. The highest BCUT2D eigenvalue weighted by Gasteiger charge is 2.45. The van der Waals surface area contributed by atoms with Crippen molar-refractivity contribution in [3.05, 3.63) is 65.2 Å². The number of benzene rings is 2. The number of aliphatic hydroxyl groups excluding tert-OH is 1. The van der Waals surface area contributed by atoms with Crippen molar-refractivity contribution in [3.63, 3.8) is 0 Å². The Labute approximate surface area is 217 Å². The zero-order valence-corrected chi connectivity index (χ0v) is 20.2. The van der Waals surface area contributed by atoms with Gasteiger partial charge in [-0.2, -0.15) is 0 Å². The number of piperidine rings is 1. The van der Waals surface area contributed by atoms with Gasteiger partial charge >= 0.3 is 0 Å². The fraction of sp³-hybridized carbons (Fsp3) is 0.308. The SMILES string of the molecule is O=C1CCC(N2C(=O)c3cccc(NC(=O)CCC(=O)N[C@@H](Cc4ccccc4)C(O)O)c3C2=O)C(=O)N1. The number of nitrogens with zero attached hydrogens (tertiary/aromatic N) is 1. The molecule has 2 heterocycles. The molecule has 12 nitrogen and oxygen atoms in total. The minimum Gasteiger partial charge on any atom is -0.366 e. The molecule has 2 aliphatic heterocycles. The van der Waals surface area contributed by atoms with E-state index in [4.69, 9.17) is 0 Å². The summed E-state index contributed by atoms with van der Waals surface area (Å²) in [4.78, 5) is 75.5. The molecular formula is C26H26N4O8. The highest BCUT2D eigenvalue weighted by atomic mass is 16.5. The Morgan fingerprint density at radius 2 is 1.66 bits per heavy atom. The van der Waals surface area contributed by atoms with Gasteiger partial charge in [0.1, 0.15) is 6.04 Å². The second-order valence-electron chi connectivity index (χ2n) is 9.00. The topological polar surface area (TPSA) is 182 Å². The van der Waals surface area contributed by atoms with Crippen LogP contribution < -0.4 is 16.0 Å². The first kappa shape index (κ1) is 26.6. The Morgan fingerprint density at radius 1 is 0.947 bits per heavy atom. The summed E-state index contributed by atoms with van der Waals surface area (Å²) in [6, 6.07) is 11.1. The number of carbonyl (C=O) groups is 6. The van der Waals surface area contributed by atoms with E-state index in [1.54, 1.807) is 24.3 Å². The molecule has 6 amide bonds. The molecule has 4 rings (SSSR count). The van der Waals surface area contributed by atoms with Gasteiger partial charge in [-0.1, -0.05) is 36.4 Å². The molecule has 12 heteroatoms. The maximum Gasteiger partial charge on any atom is 0.264 e. The second kappa shape index (κ2) is 11.3. The Hall–Kier alpha value is -4.42. The van der Waals surface area contributed by atoms with E-state index in [2.05, 4.69) is 16.0 Å². The van der Waals surface area contributed by atoms with Crippen molar-refractivity contribution in [1.29, 1.82) is 0 Å². The van der Waals surface area contributed by atoms with Crippen LogP contribution >= 0.6 is 0 Å². The standard InChI is InChI=1S/C26H26N4O8/c31-19(11-12-20(32)28-17(26(37)38)13-14-5-2-1-3-6-14)27-16-8-4-7-15-22(16)25(36)30(24(15)35)18-9-10-21(33)29-23(18)34/h1-8,17-18,26,37-38H,9-13H2,(H,27,31)(H,28,32)(H,29,33,34)/t17-,18?/m0/s1. The molecule has 2 atom stereocenters. The third-order valence-electron chi connectivity index (χ3n) is 6.33. The number of fused-ring (bicyclic) bond motifs is 1. The van der Waals surface area contributed by atoms with E-state index >= 15 is 0 Å². The van der Waals surface area contributed by atoms with E-state index in [1.165, 1.54) is 18.2 Å². The zero-order chi connectivity index (χ0) is 27.4. The summed E-state index contributed by atoms with van der Waals surface area (Å²) in [5, 5.41) is 26.4. The molecule has 0 aliphatic carbocycles. The largest absolute Gasteiger partial charge is 0.366 e. The number of nitrogens with one attached hydrogen (secondary N) is 3. The fourth-order valence-corrected chi connectivity index (χ4v) is 4.44. The number of hydrogen-bond donors (Lipinski definition) is 5. The number of rotatable bonds is 9. The summed E-state index contributed by atoms with van der Waals surface area (Å²) < 4.78 is 0. The summed E-state index contributed by atoms with van der Waals surface area (Å²) in [5.41, 5.74) is 0.767. The van der Waals surface area contributed by atoms with Gasteiger partial charge in [-0.3, -0.25) is 39.0 Å². The van der Waals surface area contributed by atoms with Crippen molar-refractivity contribution < 1.29 is 39.0 Å². The normalized spacial score (nSPS) is 17.8. The highest BCUT2D eigenvalue weighted by Crippen LogP contribution is 2.32. The van der Waals surface area contributed by atoms with Crippen LogP contribution in [-0.4, -0.2) is 68.9 Å². The molecule has 2 aliphatic rings. The zero-order valence-electron chi connectivity index (χ0n) is 20.2. The molecule has 5 N–H and O–H groups in total. The number of hydrogen-bond acceptors (Lipinski definition) is 8. The molecule has 0 spiro atoms. The van der Waals surface area contributed by atoms with Crippen LogP contribution in [0.4, 0.5) is 5.69 Å². The maximum atomic E-state index is 13.1. The van der Waals surface area contributed by atoms with Crippen molar-refractivity contribution in [1.82, 2.24) is 15.5 Å². The van der Waals surface area contributed by atoms with Crippen LogP contribution in [0.1, 0.15) is 52.0 Å². The van der Waals surface area contributed by atoms with Crippen molar-refractivity contribution in [2.24, 2.45) is 0 Å². The molecule has 38 heavy (non-hydrogen) atoms. The van der Waals surface area contributed by atoms with Gasteiger partial charge in [-0.15, -0.1) is 0 Å². The summed E-state index contributed by atoms with van der Waals surface area (Å²) in [6.45, 7) is 0. The molecular weight excluding hydrogens is 496 g/mol. The molecule has 0 bridgehead atoms. The van der Waals surface area contributed by atoms with E-state index < -0.39 is 53.8 Å². The molecule has 1 fully saturated rings. The molecule has 2 aromatic rings. The van der Waals surface area contributed by atoms with Crippen LogP contribution in [0.2, 0.25) is 0 Å². The third-order valence-corrected chi connectivity index (χ3v) is 6.33. The van der Waals surface area contributed by atoms with Crippen LogP contribution in [0, 0.1) is 0 Å². The third kappa shape index (κ3) is 5.76. The van der Waals surface area contributed by atoms with E-state index in [9.17, 15) is 39.0 Å². The molecule has 1 unspecified atom stereocenters. The van der Waals surface area contributed by atoms with Gasteiger partial charge in [-0.05, 0) is 30.5 Å². The summed E-state index contributed by atoms with van der Waals surface area (Å²) in [6.07, 6.45) is -2.21. The maximum absolute atomic E-state index is 13.1. The van der Waals surface area contributed by atoms with Crippen LogP contribution in [0.5, 0.6) is 0 Å². The smallest absolute Gasteiger partial charge is 0.264 e. The number of anilines is 1. The Morgan fingerprint density at radius 3 is 2.34 bits per heavy atom. The van der Waals surface area contributed by atoms with E-state index in [-0.39, 0.29) is 48.9 Å². The summed E-state index contributed by atoms with van der Waals surface area (Å²) in [7, 11) is 0. The van der Waals surface area contributed by atoms with Gasteiger partial charge in [0, 0.05) is 19.3 Å². The summed E-state index contributed by atoms with van der Waals surface area (Å²) >= 11 is 0. The van der Waals surface area contributed by atoms with Gasteiger partial charge in [0.05, 0.1) is 22.9 Å². The van der Waals surface area contributed by atoms with Crippen LogP contribution in [0.15, 0.2) is 48.5 Å². The van der Waals surface area contributed by atoms with E-state index in [0.29, 0.717) is 0 Å². The van der Waals surface area contributed by atoms with Crippen molar-refractivity contribution >= 4 is 41.1 Å². The number of aliphatic hydroxyl groups is 2. The lowest BCUT2D eigenvalue weighted by molar-refractivity contribution is -0.136. The highest BCUT2D eigenvalue weighted by molar-refractivity contribution is 6.26. The lowest BCUT2D eigenvalue weighted by Gasteiger charge is -2.27. The van der Waals surface area contributed by atoms with Crippen LogP contribution in [0.25, 0.3) is 0 Å². The van der Waals surface area contributed by atoms with Gasteiger partial charge < -0.3 is 20.8 Å². The molecule has 2 aromatic carbocycles. The van der Waals surface area contributed by atoms with Gasteiger partial charge in [0.25, 0.3) is 11.8 Å². The van der Waals surface area contributed by atoms with Crippen molar-refractivity contribution in [2.45, 2.75) is 50.5 Å². The monoisotopic (exact) mass is 522 g/mol. The molecule has 0 saturated carbocycles. The lowest BCUT2D eigenvalue weighted by atomic mass is 10.0. The van der Waals surface area contributed by atoms with Gasteiger partial charge in [0.15, 0.2) is 6.29 Å². The number of imide groups is 2. The second-order valence-corrected chi connectivity index (χ2v) is 9.00. The number of carbonyl (C=O) groups excluding carboxylic acids is 6. The van der Waals surface area contributed by atoms with E-state index in [1.807, 2.05) is 6.07 Å². The predicted octanol–water partition coefficient (Wildman–Crippen LogP) is -0.155. The van der Waals surface area contributed by atoms with Crippen molar-refractivity contribution in [2.75, 3.05) is 5.32 Å². The minimum atomic E-state index is -1.81. The first-order valence-corrected chi connectivity index (χ1v) is 12.0. The predicted molar refractivity (Wildman–Crippen MR) is 131 cm³/mol. The van der Waals surface area contributed by atoms with Gasteiger partial charge in [-0.25, -0.2) is 0 Å². The molecule has 0 radical (unpaired) electrons. The van der Waals surface area contributed by atoms with Crippen LogP contribution in [-0.2, 0) is 25.6 Å². The minimum absolute atomic E-state index is 0.000737. The number of amides is 6. The quantitative estimate of drug-likeness (QED) is 0.222. The van der Waals surface area contributed by atoms with Crippen molar-refractivity contribution in [3.8, 4) is 0 Å². The van der Waals surface area contributed by atoms with Crippen LogP contribution in [0.3, 0.4) is 0 Å². The Balaban J connectivity index is 1.37. The fourth-order valence-electron chi connectivity index (χ4n) is 4.44. The average molecular weight is 523 g/mol. The first-order chi connectivity index (χ1) is 18.2. The Kier molecular flexibility index (Phi) is 7.93. The van der Waals surface area contributed by atoms with E-state index in [0.717, 1.165) is 10.5 Å². The average Bonchev–Trinajstić information content (AvgIpc) is 3.13. The Bertz CT molecular complexity index is 1290. The molecule has 198 valence electrons. The summed E-state index contributed by atoms with van der Waals surface area (Å²) in [5.74, 6) is -3.90. The van der Waals surface area contributed by atoms with Gasteiger partial charge in [0.2, 0.25) is 23.6 Å². The first-order valence-electron chi connectivity index (χ1n) is 12.0.